The Hall–Kier alpha value is -13.6. The van der Waals surface area contributed by atoms with Gasteiger partial charge in [0.1, 0.15) is 12.9 Å². The lowest BCUT2D eigenvalue weighted by Crippen LogP contribution is -2.47. The van der Waals surface area contributed by atoms with Crippen LogP contribution in [-0.4, -0.2) is 298 Å². The number of piperazine rings is 1. The van der Waals surface area contributed by atoms with Gasteiger partial charge in [-0.2, -0.15) is 26.0 Å². The topological polar surface area (TPSA) is 604 Å². The maximum Gasteiger partial charge on any atom is 0.293 e. The van der Waals surface area contributed by atoms with Crippen molar-refractivity contribution in [3.63, 3.8) is 0 Å². The zero-order valence-electron chi connectivity index (χ0n) is 86.0. The molecule has 0 bridgehead atoms. The third-order valence-electron chi connectivity index (χ3n) is 17.5. The third-order valence-corrected chi connectivity index (χ3v) is 20.4. The third kappa shape index (κ3) is 45.8. The van der Waals surface area contributed by atoms with Crippen molar-refractivity contribution in [2.45, 2.75) is 245 Å². The number of piperidine rings is 1. The fourth-order valence-corrected chi connectivity index (χ4v) is 13.2. The van der Waals surface area contributed by atoms with Crippen molar-refractivity contribution < 1.29 is 32.1 Å². The number of H-pyrrole nitrogens is 4. The fraction of sp³-hybridized carbons (Fsp3) is 0.580. The number of carbonyl (C=O) groups is 3. The summed E-state index contributed by atoms with van der Waals surface area (Å²) in [6.45, 7) is 62.9. The van der Waals surface area contributed by atoms with Gasteiger partial charge in [0.05, 0.1) is 39.2 Å². The van der Waals surface area contributed by atoms with Gasteiger partial charge in [0.15, 0.2) is 12.4 Å². The molecule has 9 N–H and O–H groups in total. The Morgan fingerprint density at radius 3 is 1.51 bits per heavy atom. The van der Waals surface area contributed by atoms with Crippen molar-refractivity contribution in [2.75, 3.05) is 88.1 Å². The van der Waals surface area contributed by atoms with Gasteiger partial charge in [0.25, 0.3) is 51.5 Å². The second kappa shape index (κ2) is 59.0. The van der Waals surface area contributed by atoms with E-state index in [4.69, 9.17) is 4.74 Å². The van der Waals surface area contributed by atoms with E-state index in [9.17, 15) is 27.4 Å². The van der Waals surface area contributed by atoms with Gasteiger partial charge in [-0.3, -0.25) is 29.6 Å². The van der Waals surface area contributed by atoms with Crippen LogP contribution in [0.2, 0.25) is 0 Å². The van der Waals surface area contributed by atoms with E-state index in [0.717, 1.165) is 73.9 Å². The highest BCUT2D eigenvalue weighted by molar-refractivity contribution is 7.92. The summed E-state index contributed by atoms with van der Waals surface area (Å²) in [5, 5.41) is 114. The molecule has 10 aromatic heterocycles. The minimum atomic E-state index is -3.62. The molecule has 52 heteroatoms. The number of sulfonamides is 1. The number of rotatable bonds is 18. The molecule has 3 aliphatic rings. The summed E-state index contributed by atoms with van der Waals surface area (Å²) in [5.74, 6) is 6.67. The fourth-order valence-electron chi connectivity index (χ4n) is 11.3. The van der Waals surface area contributed by atoms with Gasteiger partial charge in [0, 0.05) is 75.4 Å². The molecule has 3 aromatic carbocycles. The van der Waals surface area contributed by atoms with Crippen molar-refractivity contribution in [2.24, 2.45) is 23.7 Å². The summed E-state index contributed by atoms with van der Waals surface area (Å²) in [7, 11) is -3.77. The molecule has 50 nitrogen and oxygen atoms in total. The maximum atomic E-state index is 12.3. The first kappa shape index (κ1) is 117. The van der Waals surface area contributed by atoms with Crippen molar-refractivity contribution >= 4 is 58.0 Å². The van der Waals surface area contributed by atoms with E-state index in [1.807, 2.05) is 129 Å². The molecular weight excluding hydrogens is 1830 g/mol. The van der Waals surface area contributed by atoms with Crippen LogP contribution in [0.15, 0.2) is 133 Å². The molecule has 1 unspecified atom stereocenters. The highest BCUT2D eigenvalue weighted by Crippen LogP contribution is 2.35. The standard InChI is InChI=1S/C11H20N6O.C11H21N5.C10H18N6O.C10H13N4O2P.C8H12N6.C8H9N5.C7H6N6O.C7H7N5O2S.4C4H10/c1-11(2,3)17-9(13-14-15-17)10(18)12-8-5-6-16(4)7-8;1-11(2,3)16-10(12-13-14-16)9-15-7-5-4-6-8-15;1-10(2,3)16-8(12-13-14-16)9(17)15-6-4-11-5-7-15;1-17(2,15)9-5-3-8(4-6-9)16-7-10-11-13-14-12-10;1-8(2,3)14-7(10-11-12-14)13-6-4-5-9-13;1-2-4-7(5-3-1)6-9-8-10-12-13-11-8;14-6(5-2-1-3-8-4-5)9-7-10-12-13-11-7;13-15(14,6-4-2-1-3-5-6)10-7-8-11-12-9-7;4*1-4(2)3/h8H,5-7H2,1-4H3,(H,12,18);4-9H2,1-3H3;11H,4-7H2,1-3H3;3-6H,7H2,1-2H3,(H,11,12,13,14);4-6H,1-3H3;1-5H,6H2,(H2,9,10,11,12,13);1-4H,(H2,9,10,11,12,13,14);1-5H,(H2,8,9,10,11,12);4*4H,1-3H3. The first-order chi connectivity index (χ1) is 66.0. The number of hydrogen-bond acceptors (Lipinski definition) is 37. The van der Waals surface area contributed by atoms with Crippen LogP contribution < -0.4 is 36.0 Å². The number of ether oxygens (including phenoxy) is 1. The second-order valence-corrected chi connectivity index (χ2v) is 43.9. The Morgan fingerprint density at radius 1 is 0.521 bits per heavy atom. The first-order valence-corrected chi connectivity index (χ1v) is 50.2. The summed E-state index contributed by atoms with van der Waals surface area (Å²) in [4.78, 5) is 46.2. The lowest BCUT2D eigenvalue weighted by atomic mass is 10.1. The molecule has 3 saturated heterocycles. The molecule has 3 aliphatic heterocycles. The molecule has 766 valence electrons. The summed E-state index contributed by atoms with van der Waals surface area (Å²) in [6.07, 6.45) is 11.5. The van der Waals surface area contributed by atoms with E-state index >= 15 is 0 Å². The number of likely N-dealkylation sites (N-methyl/N-ethyl adjacent to an activating group) is 1. The average molecular weight is 1980 g/mol. The van der Waals surface area contributed by atoms with Crippen LogP contribution in [0.5, 0.6) is 5.75 Å². The van der Waals surface area contributed by atoms with Gasteiger partial charge in [0.2, 0.25) is 17.5 Å². The quantitative estimate of drug-likeness (QED) is 0.0361. The first-order valence-electron chi connectivity index (χ1n) is 46.2. The van der Waals surface area contributed by atoms with Gasteiger partial charge >= 0.3 is 0 Å². The number of benzene rings is 3. The van der Waals surface area contributed by atoms with Crippen molar-refractivity contribution in [1.82, 2.24) is 203 Å². The number of tetrazole rings is 8. The van der Waals surface area contributed by atoms with Crippen molar-refractivity contribution in [3.8, 4) is 11.7 Å². The molecule has 16 rings (SSSR count). The zero-order valence-corrected chi connectivity index (χ0v) is 87.7. The molecule has 140 heavy (non-hydrogen) atoms. The average Bonchev–Trinajstić information content (AvgIpc) is 1.63. The predicted octanol–water partition coefficient (Wildman–Crippen LogP) is 9.70. The molecule has 0 aliphatic carbocycles. The van der Waals surface area contributed by atoms with E-state index in [0.29, 0.717) is 54.5 Å². The van der Waals surface area contributed by atoms with E-state index in [-0.39, 0.29) is 75.1 Å². The number of carbonyl (C=O) groups excluding carboxylic acids is 3. The highest BCUT2D eigenvalue weighted by atomic mass is 32.2. The number of amides is 3. The van der Waals surface area contributed by atoms with Gasteiger partial charge in [-0.15, -0.1) is 40.8 Å². The molecule has 3 fully saturated rings. The smallest absolute Gasteiger partial charge is 0.293 e. The second-order valence-electron chi connectivity index (χ2n) is 39.0. The van der Waals surface area contributed by atoms with E-state index in [2.05, 4.69) is 294 Å². The van der Waals surface area contributed by atoms with Crippen LogP contribution in [0.3, 0.4) is 0 Å². The van der Waals surface area contributed by atoms with E-state index in [1.165, 1.54) is 56.2 Å². The van der Waals surface area contributed by atoms with Crippen LogP contribution in [0.4, 0.5) is 17.8 Å². The molecule has 13 aromatic rings. The molecule has 0 saturated carbocycles. The number of aromatic amines is 4. The number of hydrogen-bond donors (Lipinski definition) is 9. The number of nitrogens with one attached hydrogen (secondary N) is 9. The van der Waals surface area contributed by atoms with Crippen LogP contribution in [-0.2, 0) is 56.4 Å². The molecule has 13 heterocycles. The van der Waals surface area contributed by atoms with Gasteiger partial charge < -0.3 is 35.1 Å². The molecule has 0 spiro atoms. The summed E-state index contributed by atoms with van der Waals surface area (Å²) in [5.41, 5.74) is 0.856. The number of aromatic nitrogens is 35. The van der Waals surface area contributed by atoms with Crippen molar-refractivity contribution in [1.29, 1.82) is 0 Å². The van der Waals surface area contributed by atoms with Gasteiger partial charge in [-0.25, -0.2) is 36.5 Å². The van der Waals surface area contributed by atoms with E-state index < -0.39 is 17.2 Å². The van der Waals surface area contributed by atoms with Crippen molar-refractivity contribution in [3.05, 3.63) is 162 Å². The van der Waals surface area contributed by atoms with Gasteiger partial charge in [-0.1, -0.05) is 164 Å². The molecule has 1 atom stereocenters. The van der Waals surface area contributed by atoms with Crippen LogP contribution in [0.25, 0.3) is 5.95 Å². The maximum absolute atomic E-state index is 12.3. The van der Waals surface area contributed by atoms with Gasteiger partial charge in [-0.05, 0) is 284 Å². The van der Waals surface area contributed by atoms with Crippen LogP contribution in [0, 0.1) is 23.7 Å². The normalized spacial score (nSPS) is 13.7. The largest absolute Gasteiger partial charge is 0.485 e. The van der Waals surface area contributed by atoms with E-state index in [1.54, 1.807) is 91.8 Å². The highest BCUT2D eigenvalue weighted by Gasteiger charge is 2.31. The summed E-state index contributed by atoms with van der Waals surface area (Å²) >= 11 is 0. The molecular formula is C88H146N43O7PS. The minimum Gasteiger partial charge on any atom is -0.485 e. The number of pyridine rings is 1. The lowest BCUT2D eigenvalue weighted by Gasteiger charge is -2.28. The number of likely N-dealkylation sites (tertiary alicyclic amines) is 2. The Morgan fingerprint density at radius 2 is 1.02 bits per heavy atom. The SMILES string of the molecule is CC(C)(C)n1nnnc1-n1cccn1.CC(C)(C)n1nnnc1C(=O)N1CCNCC1.CC(C)(C)n1nnnc1CN1CCCCC1.CC(C)C.CC(C)C.CC(C)C.CC(C)C.CN1CCC(NC(=O)c2nnnn2C(C)(C)C)C1.CP(C)(=O)c1ccc(OCc2nn[nH]n2)cc1.O=C(Nc1nn[nH]n1)c1cccnc1.O=S(=O)(Nc1nn[nH]n1)c1ccccc1.c1ccc(CNc2nn[nH]n2)cc1. The molecule has 3 amide bonds. The monoisotopic (exact) mass is 1980 g/mol. The Kier molecular flexibility index (Phi) is 49.3. The Balaban J connectivity index is 0.000000276. The Labute approximate surface area is 819 Å². The number of anilines is 3. The molecule has 0 radical (unpaired) electrons. The summed E-state index contributed by atoms with van der Waals surface area (Å²) in [6, 6.07) is 30.5. The predicted molar refractivity (Wildman–Crippen MR) is 531 cm³/mol. The van der Waals surface area contributed by atoms with Crippen LogP contribution in [0.1, 0.15) is 241 Å². The Bertz CT molecular complexity index is 5590. The number of nitrogens with zero attached hydrogens (tertiary/aromatic N) is 34. The van der Waals surface area contributed by atoms with Crippen LogP contribution >= 0.6 is 7.14 Å². The summed E-state index contributed by atoms with van der Waals surface area (Å²) < 4.78 is 51.2. The lowest BCUT2D eigenvalue weighted by molar-refractivity contribution is 0.0707. The zero-order chi connectivity index (χ0) is 104. The minimum absolute atomic E-state index is 0.0331.